The number of carbonyl (C=O) groups excluding carboxylic acids is 1. The lowest BCUT2D eigenvalue weighted by Gasteiger charge is -2.25. The van der Waals surface area contributed by atoms with Crippen molar-refractivity contribution < 1.29 is 18.8 Å². The van der Waals surface area contributed by atoms with Gasteiger partial charge < -0.3 is 24.2 Å². The van der Waals surface area contributed by atoms with E-state index in [0.29, 0.717) is 23.7 Å². The number of benzene rings is 1. The summed E-state index contributed by atoms with van der Waals surface area (Å²) in [6.45, 7) is 4.66. The number of ether oxygens (including phenoxy) is 2. The molecular formula is C19H25N3O4. The second kappa shape index (κ2) is 7.68. The Morgan fingerprint density at radius 1 is 1.38 bits per heavy atom. The summed E-state index contributed by atoms with van der Waals surface area (Å²) in [7, 11) is 3.16. The fraction of sp³-hybridized carbons (Fsp3) is 0.474. The van der Waals surface area contributed by atoms with Crippen molar-refractivity contribution in [2.75, 3.05) is 26.1 Å². The maximum atomic E-state index is 12.9. The van der Waals surface area contributed by atoms with Gasteiger partial charge in [0.05, 0.1) is 31.6 Å². The first kappa shape index (κ1) is 18.1. The molecule has 1 aliphatic heterocycles. The average molecular weight is 359 g/mol. The summed E-state index contributed by atoms with van der Waals surface area (Å²) in [5.41, 5.74) is 2.51. The van der Waals surface area contributed by atoms with E-state index in [2.05, 4.69) is 10.5 Å². The van der Waals surface area contributed by atoms with E-state index in [1.54, 1.807) is 32.4 Å². The summed E-state index contributed by atoms with van der Waals surface area (Å²) < 4.78 is 16.0. The highest BCUT2D eigenvalue weighted by atomic mass is 16.5. The van der Waals surface area contributed by atoms with Crippen LogP contribution >= 0.6 is 0 Å². The Balaban J connectivity index is 1.82. The van der Waals surface area contributed by atoms with Crippen molar-refractivity contribution in [1.82, 2.24) is 10.1 Å². The topological polar surface area (TPSA) is 76.8 Å². The third kappa shape index (κ3) is 3.34. The molecule has 1 saturated heterocycles. The molecule has 2 amide bonds. The minimum absolute atomic E-state index is 0.0135. The molecule has 2 heterocycles. The zero-order valence-corrected chi connectivity index (χ0v) is 15.7. The fourth-order valence-electron chi connectivity index (χ4n) is 3.50. The number of hydrogen-bond donors (Lipinski definition) is 1. The van der Waals surface area contributed by atoms with Crippen molar-refractivity contribution >= 4 is 11.7 Å². The highest BCUT2D eigenvalue weighted by Gasteiger charge is 2.34. The summed E-state index contributed by atoms with van der Waals surface area (Å²) in [5, 5.41) is 7.05. The molecule has 1 fully saturated rings. The van der Waals surface area contributed by atoms with Gasteiger partial charge in [-0.25, -0.2) is 4.79 Å². The predicted octanol–water partition coefficient (Wildman–Crippen LogP) is 3.93. The zero-order valence-electron chi connectivity index (χ0n) is 15.7. The fourth-order valence-corrected chi connectivity index (χ4v) is 3.50. The van der Waals surface area contributed by atoms with Gasteiger partial charge in [-0.05, 0) is 31.9 Å². The van der Waals surface area contributed by atoms with Crippen LogP contribution in [0.15, 0.2) is 22.7 Å². The average Bonchev–Trinajstić information content (AvgIpc) is 3.27. The first-order valence-electron chi connectivity index (χ1n) is 8.83. The minimum Gasteiger partial charge on any atom is -0.497 e. The number of rotatable bonds is 5. The largest absolute Gasteiger partial charge is 0.497 e. The molecule has 1 atom stereocenters. The molecule has 140 valence electrons. The molecule has 1 N–H and O–H groups in total. The monoisotopic (exact) mass is 359 g/mol. The van der Waals surface area contributed by atoms with Gasteiger partial charge in [-0.15, -0.1) is 0 Å². The maximum absolute atomic E-state index is 12.9. The zero-order chi connectivity index (χ0) is 18.7. The third-order valence-electron chi connectivity index (χ3n) is 4.80. The lowest BCUT2D eigenvalue weighted by molar-refractivity contribution is 0.206. The Hall–Kier alpha value is -2.70. The van der Waals surface area contributed by atoms with Crippen molar-refractivity contribution in [3.8, 4) is 11.5 Å². The van der Waals surface area contributed by atoms with E-state index in [4.69, 9.17) is 14.0 Å². The molecule has 1 aliphatic rings. The molecule has 7 heteroatoms. The van der Waals surface area contributed by atoms with E-state index in [-0.39, 0.29) is 12.1 Å². The quantitative estimate of drug-likeness (QED) is 0.875. The first-order chi connectivity index (χ1) is 12.6. The molecule has 0 unspecified atom stereocenters. The SMILES string of the molecule is CCc1onc(C)c1[C@H]1CCCN1C(=O)Nc1ccc(OC)cc1OC. The van der Waals surface area contributed by atoms with Crippen molar-refractivity contribution in [3.05, 3.63) is 35.2 Å². The Morgan fingerprint density at radius 2 is 2.19 bits per heavy atom. The van der Waals surface area contributed by atoms with Crippen LogP contribution in [0.1, 0.15) is 42.8 Å². The normalized spacial score (nSPS) is 16.6. The van der Waals surface area contributed by atoms with Crippen LogP contribution in [0.25, 0.3) is 0 Å². The molecule has 1 aromatic heterocycles. The maximum Gasteiger partial charge on any atom is 0.322 e. The van der Waals surface area contributed by atoms with Gasteiger partial charge in [0.2, 0.25) is 0 Å². The van der Waals surface area contributed by atoms with Crippen molar-refractivity contribution in [2.24, 2.45) is 0 Å². The molecule has 7 nitrogen and oxygen atoms in total. The van der Waals surface area contributed by atoms with Crippen LogP contribution in [0.4, 0.5) is 10.5 Å². The van der Waals surface area contributed by atoms with E-state index in [9.17, 15) is 4.79 Å². The van der Waals surface area contributed by atoms with Crippen LogP contribution in [0.5, 0.6) is 11.5 Å². The predicted molar refractivity (Wildman–Crippen MR) is 97.9 cm³/mol. The molecule has 0 radical (unpaired) electrons. The number of hydrogen-bond acceptors (Lipinski definition) is 5. The second-order valence-corrected chi connectivity index (χ2v) is 6.31. The number of carbonyl (C=O) groups is 1. The van der Waals surface area contributed by atoms with Gasteiger partial charge in [0.25, 0.3) is 0 Å². The van der Waals surface area contributed by atoms with Crippen LogP contribution in [0, 0.1) is 6.92 Å². The number of methoxy groups -OCH3 is 2. The van der Waals surface area contributed by atoms with Gasteiger partial charge in [-0.1, -0.05) is 12.1 Å². The Labute approximate surface area is 153 Å². The summed E-state index contributed by atoms with van der Waals surface area (Å²) in [6, 6.07) is 5.15. The molecule has 0 saturated carbocycles. The second-order valence-electron chi connectivity index (χ2n) is 6.31. The Morgan fingerprint density at radius 3 is 2.88 bits per heavy atom. The smallest absolute Gasteiger partial charge is 0.322 e. The third-order valence-corrected chi connectivity index (χ3v) is 4.80. The van der Waals surface area contributed by atoms with Gasteiger partial charge >= 0.3 is 6.03 Å². The van der Waals surface area contributed by atoms with Gasteiger partial charge in [0, 0.05) is 24.6 Å². The van der Waals surface area contributed by atoms with Gasteiger partial charge in [0.1, 0.15) is 17.3 Å². The van der Waals surface area contributed by atoms with Gasteiger partial charge in [-0.3, -0.25) is 0 Å². The number of anilines is 1. The number of nitrogens with zero attached hydrogens (tertiary/aromatic N) is 2. The van der Waals surface area contributed by atoms with Crippen LogP contribution in [-0.2, 0) is 6.42 Å². The highest BCUT2D eigenvalue weighted by Crippen LogP contribution is 2.37. The summed E-state index contributed by atoms with van der Waals surface area (Å²) >= 11 is 0. The van der Waals surface area contributed by atoms with E-state index >= 15 is 0 Å². The number of urea groups is 1. The van der Waals surface area contributed by atoms with Crippen LogP contribution in [0.2, 0.25) is 0 Å². The summed E-state index contributed by atoms with van der Waals surface area (Å²) in [5.74, 6) is 2.09. The van der Waals surface area contributed by atoms with Crippen LogP contribution in [0.3, 0.4) is 0 Å². The summed E-state index contributed by atoms with van der Waals surface area (Å²) in [4.78, 5) is 14.8. The molecule has 0 bridgehead atoms. The van der Waals surface area contributed by atoms with E-state index in [1.165, 1.54) is 0 Å². The van der Waals surface area contributed by atoms with Gasteiger partial charge in [-0.2, -0.15) is 0 Å². The Kier molecular flexibility index (Phi) is 5.35. The van der Waals surface area contributed by atoms with E-state index in [0.717, 1.165) is 36.3 Å². The number of aryl methyl sites for hydroxylation is 2. The molecule has 1 aromatic carbocycles. The minimum atomic E-state index is -0.154. The number of likely N-dealkylation sites (tertiary alicyclic amines) is 1. The first-order valence-corrected chi connectivity index (χ1v) is 8.83. The molecule has 0 aliphatic carbocycles. The number of amides is 2. The van der Waals surface area contributed by atoms with E-state index in [1.807, 2.05) is 18.7 Å². The molecule has 3 rings (SSSR count). The van der Waals surface area contributed by atoms with Gasteiger partial charge in [0.15, 0.2) is 0 Å². The molecule has 0 spiro atoms. The van der Waals surface area contributed by atoms with Crippen LogP contribution in [-0.4, -0.2) is 36.9 Å². The van der Waals surface area contributed by atoms with Crippen LogP contribution < -0.4 is 14.8 Å². The summed E-state index contributed by atoms with van der Waals surface area (Å²) in [6.07, 6.45) is 2.61. The number of aromatic nitrogens is 1. The lowest BCUT2D eigenvalue weighted by Crippen LogP contribution is -2.35. The lowest BCUT2D eigenvalue weighted by atomic mass is 10.0. The number of nitrogens with one attached hydrogen (secondary N) is 1. The van der Waals surface area contributed by atoms with Crippen molar-refractivity contribution in [3.63, 3.8) is 0 Å². The molecule has 26 heavy (non-hydrogen) atoms. The standard InChI is InChI=1S/C19H25N3O4/c1-5-16-18(12(2)21-26-16)15-7-6-10-22(15)19(23)20-14-9-8-13(24-3)11-17(14)25-4/h8-9,11,15H,5-7,10H2,1-4H3,(H,20,23)/t15-/m1/s1. The van der Waals surface area contributed by atoms with E-state index < -0.39 is 0 Å². The molecule has 2 aromatic rings. The molecular weight excluding hydrogens is 334 g/mol. The highest BCUT2D eigenvalue weighted by molar-refractivity contribution is 5.91. The Bertz CT molecular complexity index is 787. The van der Waals surface area contributed by atoms with Crippen molar-refractivity contribution in [2.45, 2.75) is 39.2 Å². The van der Waals surface area contributed by atoms with Crippen molar-refractivity contribution in [1.29, 1.82) is 0 Å².